The third-order valence-electron chi connectivity index (χ3n) is 5.64. The molecule has 0 spiro atoms. The summed E-state index contributed by atoms with van der Waals surface area (Å²) in [6, 6.07) is 9.10. The highest BCUT2D eigenvalue weighted by Crippen LogP contribution is 2.41. The summed E-state index contributed by atoms with van der Waals surface area (Å²) >= 11 is 0. The molecule has 1 aliphatic rings. The van der Waals surface area contributed by atoms with E-state index in [9.17, 15) is 14.4 Å². The normalized spacial score (nSPS) is 16.1. The zero-order valence-corrected chi connectivity index (χ0v) is 15.7. The summed E-state index contributed by atoms with van der Waals surface area (Å²) in [5.41, 5.74) is 0.197. The van der Waals surface area contributed by atoms with Crippen LogP contribution < -0.4 is 16.4 Å². The maximum atomic E-state index is 12.8. The molecular formula is C21H24N4O3. The molecule has 1 aromatic carbocycles. The maximum Gasteiger partial charge on any atom is 0.314 e. The van der Waals surface area contributed by atoms with Gasteiger partial charge < -0.3 is 19.9 Å². The monoisotopic (exact) mass is 380 g/mol. The van der Waals surface area contributed by atoms with Gasteiger partial charge in [-0.1, -0.05) is 19.3 Å². The van der Waals surface area contributed by atoms with Crippen LogP contribution in [0.1, 0.15) is 38.5 Å². The number of hydrogen-bond donors (Lipinski definition) is 3. The number of fused-ring (bicyclic) bond motifs is 1. The second-order valence-electron chi connectivity index (χ2n) is 7.81. The lowest BCUT2D eigenvalue weighted by atomic mass is 9.71. The van der Waals surface area contributed by atoms with Gasteiger partial charge in [0.1, 0.15) is 0 Å². The molecule has 2 aromatic heterocycles. The van der Waals surface area contributed by atoms with E-state index >= 15 is 0 Å². The molecule has 0 atom stereocenters. The zero-order chi connectivity index (χ0) is 19.6. The first-order chi connectivity index (χ1) is 13.5. The summed E-state index contributed by atoms with van der Waals surface area (Å²) in [5, 5.41) is 2.96. The largest absolute Gasteiger partial charge is 0.354 e. The summed E-state index contributed by atoms with van der Waals surface area (Å²) in [5.74, 6) is -0.0276. The Labute approximate surface area is 161 Å². The third kappa shape index (κ3) is 3.93. The molecule has 0 unspecified atom stereocenters. The lowest BCUT2D eigenvalue weighted by Gasteiger charge is -2.37. The number of rotatable bonds is 5. The molecule has 7 heteroatoms. The van der Waals surface area contributed by atoms with Gasteiger partial charge in [0.25, 0.3) is 0 Å². The van der Waals surface area contributed by atoms with E-state index in [4.69, 9.17) is 0 Å². The van der Waals surface area contributed by atoms with Gasteiger partial charge in [-0.05, 0) is 48.6 Å². The second-order valence-corrected chi connectivity index (χ2v) is 7.81. The Bertz CT molecular complexity index is 1090. The van der Waals surface area contributed by atoms with Crippen molar-refractivity contribution in [3.05, 3.63) is 63.4 Å². The lowest BCUT2D eigenvalue weighted by molar-refractivity contribution is -0.119. The number of benzene rings is 1. The van der Waals surface area contributed by atoms with Gasteiger partial charge in [0.15, 0.2) is 0 Å². The Balaban J connectivity index is 1.51. The molecule has 146 valence electrons. The van der Waals surface area contributed by atoms with Crippen molar-refractivity contribution in [2.75, 3.05) is 5.32 Å². The van der Waals surface area contributed by atoms with Gasteiger partial charge >= 0.3 is 11.1 Å². The van der Waals surface area contributed by atoms with Crippen molar-refractivity contribution >= 4 is 22.6 Å². The Hall–Kier alpha value is -3.09. The smallest absolute Gasteiger partial charge is 0.314 e. The Morgan fingerprint density at radius 2 is 1.68 bits per heavy atom. The van der Waals surface area contributed by atoms with E-state index in [0.29, 0.717) is 23.1 Å². The molecule has 0 radical (unpaired) electrons. The third-order valence-corrected chi connectivity index (χ3v) is 5.64. The summed E-state index contributed by atoms with van der Waals surface area (Å²) in [4.78, 5) is 40.8. The summed E-state index contributed by atoms with van der Waals surface area (Å²) < 4.78 is 2.16. The van der Waals surface area contributed by atoms with E-state index in [0.717, 1.165) is 32.2 Å². The molecule has 1 aliphatic carbocycles. The van der Waals surface area contributed by atoms with E-state index < -0.39 is 11.1 Å². The van der Waals surface area contributed by atoms with Gasteiger partial charge in [0, 0.05) is 31.0 Å². The number of hydrogen-bond acceptors (Lipinski definition) is 3. The van der Waals surface area contributed by atoms with Crippen molar-refractivity contribution in [1.82, 2.24) is 14.5 Å². The Kier molecular flexibility index (Phi) is 4.90. The number of anilines is 1. The summed E-state index contributed by atoms with van der Waals surface area (Å²) in [6.07, 6.45) is 10.2. The van der Waals surface area contributed by atoms with Crippen LogP contribution in [0.5, 0.6) is 0 Å². The van der Waals surface area contributed by atoms with Crippen LogP contribution in [0, 0.1) is 5.41 Å². The predicted molar refractivity (Wildman–Crippen MR) is 108 cm³/mol. The van der Waals surface area contributed by atoms with Crippen LogP contribution in [0.15, 0.2) is 52.3 Å². The van der Waals surface area contributed by atoms with Crippen LogP contribution in [-0.4, -0.2) is 20.4 Å². The molecule has 2 heterocycles. The first-order valence-corrected chi connectivity index (χ1v) is 9.70. The maximum absolute atomic E-state index is 12.8. The summed E-state index contributed by atoms with van der Waals surface area (Å²) in [6.45, 7) is 0.847. The van der Waals surface area contributed by atoms with Crippen LogP contribution >= 0.6 is 0 Å². The highest BCUT2D eigenvalue weighted by molar-refractivity contribution is 5.93. The number of amides is 1. The second kappa shape index (κ2) is 7.50. The number of aromatic amines is 2. The van der Waals surface area contributed by atoms with Gasteiger partial charge in [-0.2, -0.15) is 0 Å². The molecule has 28 heavy (non-hydrogen) atoms. The van der Waals surface area contributed by atoms with E-state index in [1.54, 1.807) is 18.2 Å². The minimum Gasteiger partial charge on any atom is -0.354 e. The van der Waals surface area contributed by atoms with Crippen LogP contribution in [0.3, 0.4) is 0 Å². The number of nitrogens with one attached hydrogen (secondary N) is 3. The fourth-order valence-corrected chi connectivity index (χ4v) is 4.29. The van der Waals surface area contributed by atoms with Crippen LogP contribution in [0.4, 0.5) is 5.69 Å². The van der Waals surface area contributed by atoms with Crippen molar-refractivity contribution in [2.45, 2.75) is 45.1 Å². The number of nitrogens with zero attached hydrogens (tertiary/aromatic N) is 1. The molecule has 0 saturated heterocycles. The van der Waals surface area contributed by atoms with E-state index in [-0.39, 0.29) is 11.3 Å². The van der Waals surface area contributed by atoms with Gasteiger partial charge in [0.2, 0.25) is 5.91 Å². The molecule has 3 N–H and O–H groups in total. The van der Waals surface area contributed by atoms with Crippen molar-refractivity contribution in [1.29, 1.82) is 0 Å². The van der Waals surface area contributed by atoms with Gasteiger partial charge in [-0.15, -0.1) is 0 Å². The number of carbonyl (C=O) groups is 1. The standard InChI is InChI=1S/C21H24N4O3/c26-18(13-21(8-2-1-3-9-21)14-25-10-4-5-11-25)22-15-6-7-16-17(12-15)24-20(28)19(27)23-16/h4-7,10-12H,1-3,8-9,13-14H2,(H,22,26)(H,23,27)(H,24,28). The van der Waals surface area contributed by atoms with Crippen LogP contribution in [-0.2, 0) is 11.3 Å². The average molecular weight is 380 g/mol. The Morgan fingerprint density at radius 1 is 1.00 bits per heavy atom. The SMILES string of the molecule is O=C(CC1(Cn2cccc2)CCCCC1)Nc1ccc2[nH]c(=O)c(=O)[nH]c2c1. The molecular weight excluding hydrogens is 356 g/mol. The van der Waals surface area contributed by atoms with Gasteiger partial charge in [-0.3, -0.25) is 14.4 Å². The number of carbonyl (C=O) groups excluding carboxylic acids is 1. The van der Waals surface area contributed by atoms with Crippen LogP contribution in [0.2, 0.25) is 0 Å². The first kappa shape index (κ1) is 18.3. The van der Waals surface area contributed by atoms with Crippen molar-refractivity contribution in [2.24, 2.45) is 5.41 Å². The molecule has 1 saturated carbocycles. The molecule has 1 fully saturated rings. The summed E-state index contributed by atoms with van der Waals surface area (Å²) in [7, 11) is 0. The van der Waals surface area contributed by atoms with E-state index in [1.165, 1.54) is 6.42 Å². The molecule has 0 aliphatic heterocycles. The van der Waals surface area contributed by atoms with E-state index in [1.807, 2.05) is 12.1 Å². The fourth-order valence-electron chi connectivity index (χ4n) is 4.29. The predicted octanol–water partition coefficient (Wildman–Crippen LogP) is 3.00. The molecule has 1 amide bonds. The van der Waals surface area contributed by atoms with Gasteiger partial charge in [-0.25, -0.2) is 0 Å². The molecule has 7 nitrogen and oxygen atoms in total. The fraction of sp³-hybridized carbons (Fsp3) is 0.381. The zero-order valence-electron chi connectivity index (χ0n) is 15.7. The van der Waals surface area contributed by atoms with Crippen molar-refractivity contribution in [3.8, 4) is 0 Å². The average Bonchev–Trinajstić information content (AvgIpc) is 3.16. The topological polar surface area (TPSA) is 99.8 Å². The minimum atomic E-state index is -0.705. The molecule has 4 rings (SSSR count). The highest BCUT2D eigenvalue weighted by atomic mass is 16.2. The minimum absolute atomic E-state index is 0.0276. The molecule has 3 aromatic rings. The molecule has 0 bridgehead atoms. The van der Waals surface area contributed by atoms with Gasteiger partial charge in [0.05, 0.1) is 11.0 Å². The number of aromatic nitrogens is 3. The Morgan fingerprint density at radius 3 is 2.39 bits per heavy atom. The lowest BCUT2D eigenvalue weighted by Crippen LogP contribution is -2.33. The van der Waals surface area contributed by atoms with Crippen molar-refractivity contribution in [3.63, 3.8) is 0 Å². The highest BCUT2D eigenvalue weighted by Gasteiger charge is 2.34. The number of H-pyrrole nitrogens is 2. The van der Waals surface area contributed by atoms with Crippen LogP contribution in [0.25, 0.3) is 11.0 Å². The first-order valence-electron chi connectivity index (χ1n) is 9.70. The van der Waals surface area contributed by atoms with E-state index in [2.05, 4.69) is 32.2 Å². The quantitative estimate of drug-likeness (QED) is 0.593. The van der Waals surface area contributed by atoms with Crippen molar-refractivity contribution < 1.29 is 4.79 Å².